The Kier molecular flexibility index (Phi) is 3.39. The lowest BCUT2D eigenvalue weighted by atomic mass is 10.1. The minimum absolute atomic E-state index is 0.0947. The van der Waals surface area contributed by atoms with Crippen LogP contribution in [0.2, 0.25) is 0 Å². The quantitative estimate of drug-likeness (QED) is 0.837. The van der Waals surface area contributed by atoms with Crippen molar-refractivity contribution < 1.29 is 14.3 Å². The van der Waals surface area contributed by atoms with Crippen LogP contribution in [0.4, 0.5) is 5.69 Å². The van der Waals surface area contributed by atoms with Gasteiger partial charge in [-0.2, -0.15) is 0 Å². The summed E-state index contributed by atoms with van der Waals surface area (Å²) in [6, 6.07) is 12.8. The number of primary amides is 1. The van der Waals surface area contributed by atoms with E-state index in [0.717, 1.165) is 17.7 Å². The van der Waals surface area contributed by atoms with Crippen molar-refractivity contribution in [1.29, 1.82) is 0 Å². The number of para-hydroxylation sites is 2. The SMILES string of the molecule is NC(=O)c1cccc(N)c1OCC1Cc2ccccc2O1. The van der Waals surface area contributed by atoms with Gasteiger partial charge >= 0.3 is 0 Å². The average molecular weight is 284 g/mol. The van der Waals surface area contributed by atoms with Crippen LogP contribution in [0, 0.1) is 0 Å². The molecule has 0 saturated heterocycles. The molecule has 1 amide bonds. The summed E-state index contributed by atoms with van der Waals surface area (Å²) in [7, 11) is 0. The maximum atomic E-state index is 11.4. The summed E-state index contributed by atoms with van der Waals surface area (Å²) in [6.45, 7) is 0.309. The van der Waals surface area contributed by atoms with Crippen molar-refractivity contribution in [2.45, 2.75) is 12.5 Å². The van der Waals surface area contributed by atoms with Gasteiger partial charge in [-0.15, -0.1) is 0 Å². The molecule has 1 unspecified atom stereocenters. The highest BCUT2D eigenvalue weighted by Gasteiger charge is 2.24. The molecule has 0 fully saturated rings. The van der Waals surface area contributed by atoms with E-state index in [1.54, 1.807) is 18.2 Å². The first-order valence-electron chi connectivity index (χ1n) is 6.71. The van der Waals surface area contributed by atoms with Gasteiger partial charge in [-0.3, -0.25) is 4.79 Å². The van der Waals surface area contributed by atoms with Crippen LogP contribution in [-0.4, -0.2) is 18.6 Å². The summed E-state index contributed by atoms with van der Waals surface area (Å²) in [5, 5.41) is 0. The van der Waals surface area contributed by atoms with Crippen molar-refractivity contribution in [3.63, 3.8) is 0 Å². The van der Waals surface area contributed by atoms with E-state index in [1.165, 1.54) is 0 Å². The van der Waals surface area contributed by atoms with Crippen LogP contribution in [0.15, 0.2) is 42.5 Å². The van der Waals surface area contributed by atoms with Gasteiger partial charge in [0.05, 0.1) is 11.3 Å². The second kappa shape index (κ2) is 5.36. The Morgan fingerprint density at radius 1 is 1.24 bits per heavy atom. The Morgan fingerprint density at radius 2 is 2.05 bits per heavy atom. The molecule has 5 heteroatoms. The van der Waals surface area contributed by atoms with Gasteiger partial charge in [0.25, 0.3) is 5.91 Å². The Morgan fingerprint density at radius 3 is 2.81 bits per heavy atom. The van der Waals surface area contributed by atoms with Gasteiger partial charge in [0.1, 0.15) is 18.5 Å². The fourth-order valence-electron chi connectivity index (χ4n) is 2.43. The summed E-state index contributed by atoms with van der Waals surface area (Å²) in [4.78, 5) is 11.4. The molecular formula is C16H16N2O3. The summed E-state index contributed by atoms with van der Waals surface area (Å²) >= 11 is 0. The van der Waals surface area contributed by atoms with Crippen LogP contribution in [-0.2, 0) is 6.42 Å². The van der Waals surface area contributed by atoms with Gasteiger partial charge in [0.15, 0.2) is 5.75 Å². The lowest BCUT2D eigenvalue weighted by molar-refractivity contribution is 0.0991. The minimum atomic E-state index is -0.562. The highest BCUT2D eigenvalue weighted by atomic mass is 16.5. The Labute approximate surface area is 122 Å². The number of nitrogen functional groups attached to an aromatic ring is 1. The molecule has 108 valence electrons. The highest BCUT2D eigenvalue weighted by Crippen LogP contribution is 2.30. The molecule has 0 bridgehead atoms. The maximum Gasteiger partial charge on any atom is 0.252 e. The predicted octanol–water partition coefficient (Wildman–Crippen LogP) is 1.75. The van der Waals surface area contributed by atoms with E-state index >= 15 is 0 Å². The van der Waals surface area contributed by atoms with E-state index in [9.17, 15) is 4.79 Å². The van der Waals surface area contributed by atoms with Crippen molar-refractivity contribution in [1.82, 2.24) is 0 Å². The molecule has 5 nitrogen and oxygen atoms in total. The molecule has 21 heavy (non-hydrogen) atoms. The molecule has 4 N–H and O–H groups in total. The monoisotopic (exact) mass is 284 g/mol. The lowest BCUT2D eigenvalue weighted by Crippen LogP contribution is -2.24. The number of benzene rings is 2. The van der Waals surface area contributed by atoms with Gasteiger partial charge in [-0.1, -0.05) is 24.3 Å². The standard InChI is InChI=1S/C16H16N2O3/c17-13-6-3-5-12(16(18)19)15(13)20-9-11-8-10-4-1-2-7-14(10)21-11/h1-7,11H,8-9,17H2,(H2,18,19). The predicted molar refractivity (Wildman–Crippen MR) is 79.4 cm³/mol. The third-order valence-electron chi connectivity index (χ3n) is 3.44. The zero-order valence-corrected chi connectivity index (χ0v) is 11.4. The number of nitrogens with two attached hydrogens (primary N) is 2. The lowest BCUT2D eigenvalue weighted by Gasteiger charge is -2.15. The van der Waals surface area contributed by atoms with Crippen molar-refractivity contribution in [3.8, 4) is 11.5 Å². The maximum absolute atomic E-state index is 11.4. The molecule has 0 spiro atoms. The molecule has 1 atom stereocenters. The normalized spacial score (nSPS) is 16.1. The minimum Gasteiger partial charge on any atom is -0.487 e. The third-order valence-corrected chi connectivity index (χ3v) is 3.44. The molecule has 0 aliphatic carbocycles. The van der Waals surface area contributed by atoms with Crippen LogP contribution in [0.3, 0.4) is 0 Å². The summed E-state index contributed by atoms with van der Waals surface area (Å²) in [5.41, 5.74) is 13.0. The van der Waals surface area contributed by atoms with Crippen LogP contribution in [0.5, 0.6) is 11.5 Å². The average Bonchev–Trinajstić information content (AvgIpc) is 2.88. The first kappa shape index (κ1) is 13.3. The molecule has 2 aromatic carbocycles. The fraction of sp³-hybridized carbons (Fsp3) is 0.188. The van der Waals surface area contributed by atoms with Crippen molar-refractivity contribution in [2.24, 2.45) is 5.73 Å². The summed E-state index contributed by atoms with van der Waals surface area (Å²) in [5.74, 6) is 0.639. The Balaban J connectivity index is 1.71. The summed E-state index contributed by atoms with van der Waals surface area (Å²) in [6.07, 6.45) is 0.678. The van der Waals surface area contributed by atoms with Gasteiger partial charge in [0.2, 0.25) is 0 Å². The molecule has 0 radical (unpaired) electrons. The van der Waals surface area contributed by atoms with Crippen LogP contribution in [0.1, 0.15) is 15.9 Å². The second-order valence-corrected chi connectivity index (χ2v) is 4.95. The molecule has 0 saturated carbocycles. The number of carbonyl (C=O) groups is 1. The molecular weight excluding hydrogens is 268 g/mol. The van der Waals surface area contributed by atoms with Crippen LogP contribution < -0.4 is 20.9 Å². The van der Waals surface area contributed by atoms with Crippen molar-refractivity contribution in [3.05, 3.63) is 53.6 Å². The Bertz CT molecular complexity index is 660. The van der Waals surface area contributed by atoms with E-state index in [0.29, 0.717) is 18.0 Å². The van der Waals surface area contributed by atoms with E-state index < -0.39 is 5.91 Å². The van der Waals surface area contributed by atoms with Gasteiger partial charge in [-0.25, -0.2) is 0 Å². The number of carbonyl (C=O) groups excluding carboxylic acids is 1. The van der Waals surface area contributed by atoms with Gasteiger partial charge in [0, 0.05) is 6.42 Å². The van der Waals surface area contributed by atoms with Gasteiger partial charge < -0.3 is 20.9 Å². The van der Waals surface area contributed by atoms with Crippen molar-refractivity contribution >= 4 is 11.6 Å². The highest BCUT2D eigenvalue weighted by molar-refractivity contribution is 5.97. The number of hydrogen-bond acceptors (Lipinski definition) is 4. The largest absolute Gasteiger partial charge is 0.487 e. The number of hydrogen-bond donors (Lipinski definition) is 2. The second-order valence-electron chi connectivity index (χ2n) is 4.95. The molecule has 1 heterocycles. The number of anilines is 1. The molecule has 1 aliphatic heterocycles. The van der Waals surface area contributed by atoms with Gasteiger partial charge in [-0.05, 0) is 23.8 Å². The van der Waals surface area contributed by atoms with E-state index in [-0.39, 0.29) is 11.7 Å². The molecule has 1 aliphatic rings. The fourth-order valence-corrected chi connectivity index (χ4v) is 2.43. The zero-order valence-electron chi connectivity index (χ0n) is 11.4. The summed E-state index contributed by atoms with van der Waals surface area (Å²) < 4.78 is 11.5. The number of rotatable bonds is 4. The first-order valence-corrected chi connectivity index (χ1v) is 6.71. The third kappa shape index (κ3) is 2.63. The zero-order chi connectivity index (χ0) is 14.8. The van der Waals surface area contributed by atoms with Crippen LogP contribution >= 0.6 is 0 Å². The number of ether oxygens (including phenoxy) is 2. The van der Waals surface area contributed by atoms with E-state index in [1.807, 2.05) is 24.3 Å². The smallest absolute Gasteiger partial charge is 0.252 e. The molecule has 0 aromatic heterocycles. The topological polar surface area (TPSA) is 87.6 Å². The molecule has 2 aromatic rings. The van der Waals surface area contributed by atoms with Crippen molar-refractivity contribution in [2.75, 3.05) is 12.3 Å². The Hall–Kier alpha value is -2.69. The number of fused-ring (bicyclic) bond motifs is 1. The van der Waals surface area contributed by atoms with E-state index in [4.69, 9.17) is 20.9 Å². The van der Waals surface area contributed by atoms with E-state index in [2.05, 4.69) is 0 Å². The van der Waals surface area contributed by atoms with Crippen LogP contribution in [0.25, 0.3) is 0 Å². The molecule has 3 rings (SSSR count). The first-order chi connectivity index (χ1) is 10.1. The number of amides is 1.